The zero-order chi connectivity index (χ0) is 19.9. The predicted molar refractivity (Wildman–Crippen MR) is 111 cm³/mol. The van der Waals surface area contributed by atoms with Crippen molar-refractivity contribution in [2.45, 2.75) is 20.3 Å². The summed E-state index contributed by atoms with van der Waals surface area (Å²) < 4.78 is 5.35. The summed E-state index contributed by atoms with van der Waals surface area (Å²) in [6.45, 7) is 4.71. The number of amides is 1. The molecular weight excluding hydrogens is 352 g/mol. The van der Waals surface area contributed by atoms with Crippen molar-refractivity contribution in [3.8, 4) is 5.75 Å². The Morgan fingerprint density at radius 2 is 1.79 bits per heavy atom. The normalized spacial score (nSPS) is 10.4. The largest absolute Gasteiger partial charge is 0.496 e. The minimum Gasteiger partial charge on any atom is -0.496 e. The van der Waals surface area contributed by atoms with Crippen LogP contribution in [0.4, 0.5) is 11.6 Å². The van der Waals surface area contributed by atoms with Crippen LogP contribution >= 0.6 is 0 Å². The van der Waals surface area contributed by atoms with Crippen LogP contribution < -0.4 is 15.4 Å². The van der Waals surface area contributed by atoms with Gasteiger partial charge in [0.05, 0.1) is 12.7 Å². The van der Waals surface area contributed by atoms with Gasteiger partial charge in [-0.1, -0.05) is 24.3 Å². The summed E-state index contributed by atoms with van der Waals surface area (Å²) in [5, 5.41) is 6.03. The highest BCUT2D eigenvalue weighted by Gasteiger charge is 2.09. The molecule has 0 spiro atoms. The third-order valence-electron chi connectivity index (χ3n) is 4.55. The fraction of sp³-hybridized carbons (Fsp3) is 0.227. The van der Waals surface area contributed by atoms with Crippen LogP contribution in [0.5, 0.6) is 5.75 Å². The van der Waals surface area contributed by atoms with Crippen molar-refractivity contribution in [1.29, 1.82) is 0 Å². The van der Waals surface area contributed by atoms with Crippen molar-refractivity contribution >= 4 is 17.5 Å². The first-order valence-corrected chi connectivity index (χ1v) is 9.13. The lowest BCUT2D eigenvalue weighted by molar-refractivity contribution is 0.102. The summed E-state index contributed by atoms with van der Waals surface area (Å²) in [5.41, 5.74) is 4.59. The van der Waals surface area contributed by atoms with Crippen LogP contribution in [0.15, 0.2) is 54.9 Å². The number of hydrogen-bond donors (Lipinski definition) is 2. The van der Waals surface area contributed by atoms with Gasteiger partial charge in [0.15, 0.2) is 0 Å². The van der Waals surface area contributed by atoms with E-state index in [0.29, 0.717) is 18.1 Å². The molecule has 0 saturated carbocycles. The van der Waals surface area contributed by atoms with Gasteiger partial charge in [0, 0.05) is 24.6 Å². The molecule has 3 rings (SSSR count). The van der Waals surface area contributed by atoms with Crippen LogP contribution in [0.2, 0.25) is 0 Å². The van der Waals surface area contributed by atoms with Gasteiger partial charge >= 0.3 is 0 Å². The number of carbonyl (C=O) groups is 1. The first-order valence-electron chi connectivity index (χ1n) is 9.13. The molecule has 0 bridgehead atoms. The molecule has 1 aromatic heterocycles. The number of ether oxygens (including phenoxy) is 1. The second kappa shape index (κ2) is 8.99. The maximum absolute atomic E-state index is 12.4. The average Bonchev–Trinajstić information content (AvgIpc) is 2.71. The van der Waals surface area contributed by atoms with Gasteiger partial charge in [-0.2, -0.15) is 0 Å². The summed E-state index contributed by atoms with van der Waals surface area (Å²) in [5.74, 6) is 1.12. The van der Waals surface area contributed by atoms with E-state index in [4.69, 9.17) is 4.74 Å². The number of carbonyl (C=O) groups excluding carboxylic acids is 1. The highest BCUT2D eigenvalue weighted by Crippen LogP contribution is 2.18. The van der Waals surface area contributed by atoms with E-state index in [1.54, 1.807) is 7.11 Å². The fourth-order valence-electron chi connectivity index (χ4n) is 2.78. The molecule has 3 aromatic rings. The summed E-state index contributed by atoms with van der Waals surface area (Å²) in [6.07, 6.45) is 3.83. The molecular formula is C22H24N4O2. The van der Waals surface area contributed by atoms with Crippen molar-refractivity contribution in [2.24, 2.45) is 0 Å². The Kier molecular flexibility index (Phi) is 6.22. The summed E-state index contributed by atoms with van der Waals surface area (Å²) in [7, 11) is 1.66. The summed E-state index contributed by atoms with van der Waals surface area (Å²) in [4.78, 5) is 20.8. The Morgan fingerprint density at radius 1 is 1.04 bits per heavy atom. The Morgan fingerprint density at radius 3 is 2.50 bits per heavy atom. The number of rotatable bonds is 7. The molecule has 0 saturated heterocycles. The van der Waals surface area contributed by atoms with Crippen molar-refractivity contribution < 1.29 is 9.53 Å². The SMILES string of the molecule is COc1ccccc1CCNc1ncc(C(=O)Nc2ccc(C)c(C)c2)cn1. The molecule has 28 heavy (non-hydrogen) atoms. The fourth-order valence-corrected chi connectivity index (χ4v) is 2.78. The molecule has 2 N–H and O–H groups in total. The minimum absolute atomic E-state index is 0.233. The quantitative estimate of drug-likeness (QED) is 0.652. The standard InChI is InChI=1S/C22H24N4O2/c1-15-8-9-19(12-16(15)2)26-21(27)18-13-24-22(25-14-18)23-11-10-17-6-4-5-7-20(17)28-3/h4-9,12-14H,10-11H2,1-3H3,(H,26,27)(H,23,24,25). The number of nitrogens with one attached hydrogen (secondary N) is 2. The molecule has 0 aliphatic heterocycles. The van der Waals surface area contributed by atoms with Gasteiger partial charge in [0.25, 0.3) is 5.91 Å². The van der Waals surface area contributed by atoms with Crippen molar-refractivity contribution in [3.05, 3.63) is 77.1 Å². The van der Waals surface area contributed by atoms with E-state index >= 15 is 0 Å². The molecule has 6 nitrogen and oxygen atoms in total. The van der Waals surface area contributed by atoms with Gasteiger partial charge in [0.1, 0.15) is 5.75 Å². The smallest absolute Gasteiger partial charge is 0.258 e. The van der Waals surface area contributed by atoms with Gasteiger partial charge in [-0.3, -0.25) is 4.79 Å². The molecule has 1 heterocycles. The number of nitrogens with zero attached hydrogens (tertiary/aromatic N) is 2. The lowest BCUT2D eigenvalue weighted by atomic mass is 10.1. The molecule has 0 unspecified atom stereocenters. The molecule has 144 valence electrons. The first-order chi connectivity index (χ1) is 13.6. The maximum Gasteiger partial charge on any atom is 0.258 e. The second-order valence-electron chi connectivity index (χ2n) is 6.54. The van der Waals surface area contributed by atoms with E-state index < -0.39 is 0 Å². The zero-order valence-electron chi connectivity index (χ0n) is 16.3. The van der Waals surface area contributed by atoms with Crippen LogP contribution in [0.1, 0.15) is 27.0 Å². The maximum atomic E-state index is 12.4. The number of aromatic nitrogens is 2. The van der Waals surface area contributed by atoms with Crippen molar-refractivity contribution in [2.75, 3.05) is 24.3 Å². The molecule has 0 aliphatic rings. The monoisotopic (exact) mass is 376 g/mol. The van der Waals surface area contributed by atoms with Crippen LogP contribution in [0.3, 0.4) is 0 Å². The molecule has 0 aliphatic carbocycles. The third kappa shape index (κ3) is 4.85. The van der Waals surface area contributed by atoms with Crippen molar-refractivity contribution in [3.63, 3.8) is 0 Å². The van der Waals surface area contributed by atoms with Crippen LogP contribution in [-0.2, 0) is 6.42 Å². The lowest BCUT2D eigenvalue weighted by Crippen LogP contribution is -2.14. The number of benzene rings is 2. The van der Waals surface area contributed by atoms with Crippen LogP contribution in [-0.4, -0.2) is 29.5 Å². The summed E-state index contributed by atoms with van der Waals surface area (Å²) >= 11 is 0. The molecule has 0 fully saturated rings. The Hall–Kier alpha value is -3.41. The predicted octanol–water partition coefficient (Wildman–Crippen LogP) is 4.01. The molecule has 0 atom stereocenters. The number of aryl methyl sites for hydroxylation is 2. The average molecular weight is 376 g/mol. The van der Waals surface area contributed by atoms with Crippen LogP contribution in [0, 0.1) is 13.8 Å². The molecule has 1 amide bonds. The highest BCUT2D eigenvalue weighted by molar-refractivity contribution is 6.03. The number of hydrogen-bond acceptors (Lipinski definition) is 5. The summed E-state index contributed by atoms with van der Waals surface area (Å²) in [6, 6.07) is 13.7. The lowest BCUT2D eigenvalue weighted by Gasteiger charge is -2.09. The Labute approximate surface area is 165 Å². The second-order valence-corrected chi connectivity index (χ2v) is 6.54. The Balaban J connectivity index is 1.55. The van der Waals surface area contributed by atoms with E-state index in [-0.39, 0.29) is 5.91 Å². The molecule has 2 aromatic carbocycles. The molecule has 0 radical (unpaired) electrons. The third-order valence-corrected chi connectivity index (χ3v) is 4.55. The van der Waals surface area contributed by atoms with E-state index in [9.17, 15) is 4.79 Å². The van der Waals surface area contributed by atoms with Crippen molar-refractivity contribution in [1.82, 2.24) is 9.97 Å². The van der Waals surface area contributed by atoms with E-state index in [1.807, 2.05) is 56.3 Å². The number of para-hydroxylation sites is 1. The van der Waals surface area contributed by atoms with E-state index in [2.05, 4.69) is 20.6 Å². The van der Waals surface area contributed by atoms with Crippen LogP contribution in [0.25, 0.3) is 0 Å². The number of anilines is 2. The topological polar surface area (TPSA) is 76.1 Å². The number of methoxy groups -OCH3 is 1. The van der Waals surface area contributed by atoms with Gasteiger partial charge in [-0.15, -0.1) is 0 Å². The van der Waals surface area contributed by atoms with Gasteiger partial charge in [-0.25, -0.2) is 9.97 Å². The van der Waals surface area contributed by atoms with E-state index in [0.717, 1.165) is 29.0 Å². The zero-order valence-corrected chi connectivity index (χ0v) is 16.3. The van der Waals surface area contributed by atoms with Gasteiger partial charge in [-0.05, 0) is 55.2 Å². The highest BCUT2D eigenvalue weighted by atomic mass is 16.5. The van der Waals surface area contributed by atoms with Gasteiger partial charge < -0.3 is 15.4 Å². The van der Waals surface area contributed by atoms with Gasteiger partial charge in [0.2, 0.25) is 5.95 Å². The first kappa shape index (κ1) is 19.4. The minimum atomic E-state index is -0.233. The molecule has 6 heteroatoms. The Bertz CT molecular complexity index is 955. The van der Waals surface area contributed by atoms with E-state index in [1.165, 1.54) is 18.0 Å².